The van der Waals surface area contributed by atoms with Gasteiger partial charge >= 0.3 is 0 Å². The number of aliphatic hydroxyl groups excluding tert-OH is 1. The quantitative estimate of drug-likeness (QED) is 0.943. The summed E-state index contributed by atoms with van der Waals surface area (Å²) in [5, 5.41) is 9.25. The Kier molecular flexibility index (Phi) is 3.76. The summed E-state index contributed by atoms with van der Waals surface area (Å²) in [4.78, 5) is 4.16. The van der Waals surface area contributed by atoms with Gasteiger partial charge < -0.3 is 9.84 Å². The van der Waals surface area contributed by atoms with Crippen LogP contribution in [0.1, 0.15) is 11.1 Å². The molecule has 4 heteroatoms. The first-order valence-electron chi connectivity index (χ1n) is 5.19. The second-order valence-electron chi connectivity index (χ2n) is 3.64. The summed E-state index contributed by atoms with van der Waals surface area (Å²) in [6.07, 6.45) is 1.65. The van der Waals surface area contributed by atoms with Crippen molar-refractivity contribution in [3.05, 3.63) is 52.1 Å². The Morgan fingerprint density at radius 3 is 2.82 bits per heavy atom. The molecule has 0 aliphatic carbocycles. The molecule has 0 fully saturated rings. The average Bonchev–Trinajstić information content (AvgIpc) is 2.34. The largest absolute Gasteiger partial charge is 0.438 e. The molecule has 0 aliphatic rings. The maximum atomic E-state index is 9.25. The zero-order chi connectivity index (χ0) is 12.3. The van der Waals surface area contributed by atoms with Crippen molar-refractivity contribution < 1.29 is 9.84 Å². The van der Waals surface area contributed by atoms with E-state index < -0.39 is 0 Å². The second kappa shape index (κ2) is 5.29. The van der Waals surface area contributed by atoms with E-state index in [9.17, 15) is 5.11 Å². The highest BCUT2D eigenvalue weighted by Gasteiger charge is 2.08. The van der Waals surface area contributed by atoms with Crippen LogP contribution in [0.25, 0.3) is 0 Å². The molecular weight excluding hydrogens is 282 g/mol. The van der Waals surface area contributed by atoms with Gasteiger partial charge in [-0.2, -0.15) is 0 Å². The van der Waals surface area contributed by atoms with Gasteiger partial charge in [0.05, 0.1) is 6.61 Å². The van der Waals surface area contributed by atoms with Crippen LogP contribution in [0.3, 0.4) is 0 Å². The summed E-state index contributed by atoms with van der Waals surface area (Å²) >= 11 is 3.31. The molecule has 17 heavy (non-hydrogen) atoms. The van der Waals surface area contributed by atoms with Crippen LogP contribution >= 0.6 is 15.9 Å². The number of ether oxygens (including phenoxy) is 1. The first kappa shape index (κ1) is 12.1. The molecule has 0 saturated carbocycles. The van der Waals surface area contributed by atoms with Gasteiger partial charge in [-0.1, -0.05) is 18.2 Å². The molecule has 2 rings (SSSR count). The fourth-order valence-corrected chi connectivity index (χ4v) is 1.83. The number of hydrogen-bond donors (Lipinski definition) is 1. The van der Waals surface area contributed by atoms with E-state index >= 15 is 0 Å². The molecule has 1 heterocycles. The van der Waals surface area contributed by atoms with E-state index in [1.807, 2.05) is 31.2 Å². The van der Waals surface area contributed by atoms with Gasteiger partial charge in [-0.25, -0.2) is 4.98 Å². The highest BCUT2D eigenvalue weighted by molar-refractivity contribution is 9.10. The van der Waals surface area contributed by atoms with E-state index in [0.29, 0.717) is 11.4 Å². The lowest BCUT2D eigenvalue weighted by Crippen LogP contribution is -1.96. The Balaban J connectivity index is 2.33. The molecule has 0 aliphatic heterocycles. The number of nitrogens with zero attached hydrogens (tertiary/aromatic N) is 1. The van der Waals surface area contributed by atoms with E-state index in [0.717, 1.165) is 15.8 Å². The number of aromatic nitrogens is 1. The molecule has 88 valence electrons. The van der Waals surface area contributed by atoms with Crippen LogP contribution in [0.4, 0.5) is 0 Å². The molecule has 1 N–H and O–H groups in total. The minimum atomic E-state index is -0.104. The predicted molar refractivity (Wildman–Crippen MR) is 69.1 cm³/mol. The second-order valence-corrected chi connectivity index (χ2v) is 4.56. The summed E-state index contributed by atoms with van der Waals surface area (Å²) in [6.45, 7) is 1.86. The van der Waals surface area contributed by atoms with Gasteiger partial charge in [-0.15, -0.1) is 0 Å². The first-order valence-corrected chi connectivity index (χ1v) is 5.99. The monoisotopic (exact) mass is 293 g/mol. The minimum Gasteiger partial charge on any atom is -0.438 e. The lowest BCUT2D eigenvalue weighted by molar-refractivity contribution is 0.275. The van der Waals surface area contributed by atoms with Gasteiger partial charge in [-0.3, -0.25) is 0 Å². The highest BCUT2D eigenvalue weighted by atomic mass is 79.9. The lowest BCUT2D eigenvalue weighted by Gasteiger charge is -2.10. The van der Waals surface area contributed by atoms with Gasteiger partial charge in [0.2, 0.25) is 5.88 Å². The van der Waals surface area contributed by atoms with E-state index in [1.165, 1.54) is 0 Å². The van der Waals surface area contributed by atoms with Crippen LogP contribution in [-0.2, 0) is 6.61 Å². The smallest absolute Gasteiger partial charge is 0.224 e. The van der Waals surface area contributed by atoms with Crippen molar-refractivity contribution in [3.63, 3.8) is 0 Å². The number of para-hydroxylation sites is 1. The van der Waals surface area contributed by atoms with Crippen molar-refractivity contribution in [2.45, 2.75) is 13.5 Å². The van der Waals surface area contributed by atoms with Crippen LogP contribution in [0, 0.1) is 6.92 Å². The third-order valence-corrected chi connectivity index (χ3v) is 2.80. The SMILES string of the molecule is Cc1ccccc1Oc1ncc(Br)cc1CO. The molecule has 1 aromatic heterocycles. The molecule has 3 nitrogen and oxygen atoms in total. The van der Waals surface area contributed by atoms with Crippen LogP contribution in [0.15, 0.2) is 41.0 Å². The fourth-order valence-electron chi connectivity index (χ4n) is 1.45. The number of benzene rings is 1. The summed E-state index contributed by atoms with van der Waals surface area (Å²) in [5.74, 6) is 1.18. The maximum Gasteiger partial charge on any atom is 0.224 e. The number of rotatable bonds is 3. The van der Waals surface area contributed by atoms with Crippen LogP contribution in [-0.4, -0.2) is 10.1 Å². The van der Waals surface area contributed by atoms with E-state index in [-0.39, 0.29) is 6.61 Å². The normalized spacial score (nSPS) is 10.3. The van der Waals surface area contributed by atoms with Crippen LogP contribution in [0.5, 0.6) is 11.6 Å². The van der Waals surface area contributed by atoms with Gasteiger partial charge in [0, 0.05) is 16.2 Å². The van der Waals surface area contributed by atoms with E-state index in [2.05, 4.69) is 20.9 Å². The molecule has 0 atom stereocenters. The predicted octanol–water partition coefficient (Wildman–Crippen LogP) is 3.44. The van der Waals surface area contributed by atoms with Crippen LogP contribution in [0.2, 0.25) is 0 Å². The molecule has 0 amide bonds. The molecule has 0 unspecified atom stereocenters. The van der Waals surface area contributed by atoms with Crippen molar-refractivity contribution in [2.24, 2.45) is 0 Å². The van der Waals surface area contributed by atoms with Crippen molar-refractivity contribution in [1.29, 1.82) is 0 Å². The third kappa shape index (κ3) is 2.84. The van der Waals surface area contributed by atoms with Crippen molar-refractivity contribution in [2.75, 3.05) is 0 Å². The van der Waals surface area contributed by atoms with Crippen molar-refractivity contribution in [3.8, 4) is 11.6 Å². The summed E-state index contributed by atoms with van der Waals surface area (Å²) in [6, 6.07) is 9.48. The standard InChI is InChI=1S/C13H12BrNO2/c1-9-4-2-3-5-12(9)17-13-10(8-16)6-11(14)7-15-13/h2-7,16H,8H2,1H3. The molecule has 0 saturated heterocycles. The topological polar surface area (TPSA) is 42.4 Å². The number of halogens is 1. The lowest BCUT2D eigenvalue weighted by atomic mass is 10.2. The Labute approximate surface area is 108 Å². The molecule has 0 bridgehead atoms. The number of aliphatic hydroxyl groups is 1. The average molecular weight is 294 g/mol. The summed E-state index contributed by atoms with van der Waals surface area (Å²) in [5.41, 5.74) is 1.68. The third-order valence-electron chi connectivity index (χ3n) is 2.36. The number of pyridine rings is 1. The summed E-state index contributed by atoms with van der Waals surface area (Å²) in [7, 11) is 0. The molecule has 2 aromatic rings. The van der Waals surface area contributed by atoms with E-state index in [1.54, 1.807) is 12.3 Å². The first-order chi connectivity index (χ1) is 8.20. The zero-order valence-corrected chi connectivity index (χ0v) is 10.9. The molecule has 0 radical (unpaired) electrons. The Bertz CT molecular complexity index is 529. The number of aryl methyl sites for hydroxylation is 1. The van der Waals surface area contributed by atoms with Gasteiger partial charge in [0.25, 0.3) is 0 Å². The van der Waals surface area contributed by atoms with Gasteiger partial charge in [0.1, 0.15) is 5.75 Å². The zero-order valence-electron chi connectivity index (χ0n) is 9.35. The fraction of sp³-hybridized carbons (Fsp3) is 0.154. The van der Waals surface area contributed by atoms with Crippen LogP contribution < -0.4 is 4.74 Å². The minimum absolute atomic E-state index is 0.104. The number of hydrogen-bond acceptors (Lipinski definition) is 3. The van der Waals surface area contributed by atoms with Crippen molar-refractivity contribution >= 4 is 15.9 Å². The Morgan fingerprint density at radius 2 is 2.12 bits per heavy atom. The Hall–Kier alpha value is -1.39. The maximum absolute atomic E-state index is 9.25. The Morgan fingerprint density at radius 1 is 1.35 bits per heavy atom. The summed E-state index contributed by atoms with van der Waals surface area (Å²) < 4.78 is 6.51. The van der Waals surface area contributed by atoms with Gasteiger partial charge in [-0.05, 0) is 40.5 Å². The van der Waals surface area contributed by atoms with Crippen molar-refractivity contribution in [1.82, 2.24) is 4.98 Å². The molecule has 1 aromatic carbocycles. The molecular formula is C13H12BrNO2. The highest BCUT2D eigenvalue weighted by Crippen LogP contribution is 2.27. The van der Waals surface area contributed by atoms with E-state index in [4.69, 9.17) is 4.74 Å². The molecule has 0 spiro atoms. The van der Waals surface area contributed by atoms with Gasteiger partial charge in [0.15, 0.2) is 0 Å².